The van der Waals surface area contributed by atoms with Crippen LogP contribution in [0.5, 0.6) is 0 Å². The SMILES string of the molecule is C=CC(C)C1CCC2C3CCC4CC(O)CCC4(C)C3CCC12C. The van der Waals surface area contributed by atoms with E-state index in [9.17, 15) is 5.11 Å². The molecule has 0 aromatic rings. The molecule has 4 aliphatic rings. The fraction of sp³-hybridized carbons (Fsp3) is 0.913. The van der Waals surface area contributed by atoms with Crippen LogP contribution in [0.1, 0.15) is 78.6 Å². The molecule has 1 N–H and O–H groups in total. The van der Waals surface area contributed by atoms with Crippen molar-refractivity contribution in [2.45, 2.75) is 84.7 Å². The first-order valence-electron chi connectivity index (χ1n) is 10.7. The maximum absolute atomic E-state index is 10.2. The molecule has 0 spiro atoms. The summed E-state index contributed by atoms with van der Waals surface area (Å²) < 4.78 is 0. The highest BCUT2D eigenvalue weighted by Crippen LogP contribution is 2.68. The van der Waals surface area contributed by atoms with Crippen LogP contribution in [0.15, 0.2) is 12.7 Å². The number of allylic oxidation sites excluding steroid dienone is 1. The van der Waals surface area contributed by atoms with E-state index in [2.05, 4.69) is 33.4 Å². The molecule has 0 radical (unpaired) electrons. The van der Waals surface area contributed by atoms with Crippen LogP contribution in [0.25, 0.3) is 0 Å². The first-order valence-corrected chi connectivity index (χ1v) is 10.7. The molecule has 24 heavy (non-hydrogen) atoms. The molecule has 0 aliphatic heterocycles. The second-order valence-electron chi connectivity index (χ2n) is 10.4. The highest BCUT2D eigenvalue weighted by atomic mass is 16.3. The van der Waals surface area contributed by atoms with Crippen molar-refractivity contribution in [3.8, 4) is 0 Å². The standard InChI is InChI=1S/C23H38O/c1-5-15(2)19-8-9-20-18-7-6-16-14-17(24)10-12-22(16,3)21(18)11-13-23(19,20)4/h5,15-21,24H,1,6-14H2,2-4H3. The first-order chi connectivity index (χ1) is 11.4. The Labute approximate surface area is 149 Å². The topological polar surface area (TPSA) is 20.2 Å². The van der Waals surface area contributed by atoms with Crippen molar-refractivity contribution in [2.24, 2.45) is 46.3 Å². The maximum atomic E-state index is 10.2. The average molecular weight is 331 g/mol. The van der Waals surface area contributed by atoms with Crippen molar-refractivity contribution in [2.75, 3.05) is 0 Å². The van der Waals surface area contributed by atoms with Gasteiger partial charge in [0.2, 0.25) is 0 Å². The Bertz CT molecular complexity index is 498. The molecule has 9 atom stereocenters. The summed E-state index contributed by atoms with van der Waals surface area (Å²) in [7, 11) is 0. The average Bonchev–Trinajstić information content (AvgIpc) is 2.92. The minimum atomic E-state index is -0.0159. The molecule has 4 aliphatic carbocycles. The predicted octanol–water partition coefficient (Wildman–Crippen LogP) is 5.83. The van der Waals surface area contributed by atoms with Crippen LogP contribution in [0, 0.1) is 46.3 Å². The molecule has 0 amide bonds. The summed E-state index contributed by atoms with van der Waals surface area (Å²) in [5.74, 6) is 5.17. The Morgan fingerprint density at radius 3 is 2.42 bits per heavy atom. The van der Waals surface area contributed by atoms with Gasteiger partial charge in [-0.15, -0.1) is 6.58 Å². The van der Waals surface area contributed by atoms with E-state index in [-0.39, 0.29) is 6.10 Å². The van der Waals surface area contributed by atoms with Crippen LogP contribution < -0.4 is 0 Å². The quantitative estimate of drug-likeness (QED) is 0.632. The van der Waals surface area contributed by atoms with Gasteiger partial charge < -0.3 is 5.11 Å². The van der Waals surface area contributed by atoms with E-state index in [4.69, 9.17) is 0 Å². The maximum Gasteiger partial charge on any atom is 0.0543 e. The minimum Gasteiger partial charge on any atom is -0.393 e. The van der Waals surface area contributed by atoms with Crippen LogP contribution >= 0.6 is 0 Å². The van der Waals surface area contributed by atoms with Gasteiger partial charge in [-0.05, 0) is 104 Å². The van der Waals surface area contributed by atoms with Crippen molar-refractivity contribution in [1.29, 1.82) is 0 Å². The van der Waals surface area contributed by atoms with E-state index < -0.39 is 0 Å². The number of fused-ring (bicyclic) bond motifs is 5. The molecule has 9 unspecified atom stereocenters. The number of rotatable bonds is 2. The van der Waals surface area contributed by atoms with Crippen molar-refractivity contribution < 1.29 is 5.11 Å². The summed E-state index contributed by atoms with van der Waals surface area (Å²) in [6, 6.07) is 0. The highest BCUT2D eigenvalue weighted by Gasteiger charge is 2.60. The van der Waals surface area contributed by atoms with Gasteiger partial charge in [0.1, 0.15) is 0 Å². The lowest BCUT2D eigenvalue weighted by Gasteiger charge is -2.61. The molecule has 0 bridgehead atoms. The first kappa shape index (κ1) is 17.1. The van der Waals surface area contributed by atoms with Gasteiger partial charge in [0.15, 0.2) is 0 Å². The summed E-state index contributed by atoms with van der Waals surface area (Å²) in [5, 5.41) is 10.2. The summed E-state index contributed by atoms with van der Waals surface area (Å²) in [6.07, 6.45) is 14.2. The third kappa shape index (κ3) is 2.29. The molecule has 4 rings (SSSR count). The number of hydrogen-bond donors (Lipinski definition) is 1. The molecular weight excluding hydrogens is 292 g/mol. The Balaban J connectivity index is 1.60. The largest absolute Gasteiger partial charge is 0.393 e. The Morgan fingerprint density at radius 1 is 0.958 bits per heavy atom. The highest BCUT2D eigenvalue weighted by molar-refractivity contribution is 5.10. The molecule has 1 nitrogen and oxygen atoms in total. The monoisotopic (exact) mass is 330 g/mol. The zero-order chi connectivity index (χ0) is 17.1. The Kier molecular flexibility index (Phi) is 4.18. The Morgan fingerprint density at radius 2 is 1.67 bits per heavy atom. The van der Waals surface area contributed by atoms with Crippen molar-refractivity contribution in [3.63, 3.8) is 0 Å². The smallest absolute Gasteiger partial charge is 0.0543 e. The van der Waals surface area contributed by atoms with Gasteiger partial charge in [-0.3, -0.25) is 0 Å². The van der Waals surface area contributed by atoms with Crippen LogP contribution in [0.3, 0.4) is 0 Å². The predicted molar refractivity (Wildman–Crippen MR) is 101 cm³/mol. The van der Waals surface area contributed by atoms with E-state index >= 15 is 0 Å². The molecule has 4 fully saturated rings. The van der Waals surface area contributed by atoms with Gasteiger partial charge in [0.25, 0.3) is 0 Å². The van der Waals surface area contributed by atoms with E-state index in [1.165, 1.54) is 44.9 Å². The zero-order valence-corrected chi connectivity index (χ0v) is 16.1. The molecule has 1 heteroatoms. The lowest BCUT2D eigenvalue weighted by molar-refractivity contribution is -0.128. The van der Waals surface area contributed by atoms with Crippen LogP contribution in [0.2, 0.25) is 0 Å². The van der Waals surface area contributed by atoms with E-state index in [1.54, 1.807) is 0 Å². The number of hydrogen-bond acceptors (Lipinski definition) is 1. The van der Waals surface area contributed by atoms with E-state index in [1.807, 2.05) is 0 Å². The second kappa shape index (κ2) is 5.86. The van der Waals surface area contributed by atoms with Crippen molar-refractivity contribution >= 4 is 0 Å². The number of aliphatic hydroxyl groups is 1. The van der Waals surface area contributed by atoms with Crippen LogP contribution in [0.4, 0.5) is 0 Å². The van der Waals surface area contributed by atoms with Crippen molar-refractivity contribution in [1.82, 2.24) is 0 Å². The lowest BCUT2D eigenvalue weighted by atomic mass is 9.44. The molecule has 4 saturated carbocycles. The molecule has 136 valence electrons. The zero-order valence-electron chi connectivity index (χ0n) is 16.1. The molecule has 0 heterocycles. The normalized spacial score (nSPS) is 55.2. The van der Waals surface area contributed by atoms with Gasteiger partial charge in [0.05, 0.1) is 6.10 Å². The third-order valence-electron chi connectivity index (χ3n) is 9.72. The van der Waals surface area contributed by atoms with Crippen molar-refractivity contribution in [3.05, 3.63) is 12.7 Å². The van der Waals surface area contributed by atoms with Gasteiger partial charge in [-0.25, -0.2) is 0 Å². The van der Waals surface area contributed by atoms with E-state index in [0.29, 0.717) is 16.7 Å². The van der Waals surface area contributed by atoms with Gasteiger partial charge in [0, 0.05) is 0 Å². The molecule has 0 aromatic carbocycles. The minimum absolute atomic E-state index is 0.0159. The van der Waals surface area contributed by atoms with Crippen LogP contribution in [-0.4, -0.2) is 11.2 Å². The fourth-order valence-corrected chi connectivity index (χ4v) is 8.30. The van der Waals surface area contributed by atoms with Gasteiger partial charge in [-0.1, -0.05) is 26.8 Å². The van der Waals surface area contributed by atoms with Gasteiger partial charge >= 0.3 is 0 Å². The molecule has 0 saturated heterocycles. The Hall–Kier alpha value is -0.300. The van der Waals surface area contributed by atoms with E-state index in [0.717, 1.165) is 42.4 Å². The molecule has 0 aromatic heterocycles. The second-order valence-corrected chi connectivity index (χ2v) is 10.4. The summed E-state index contributed by atoms with van der Waals surface area (Å²) >= 11 is 0. The fourth-order valence-electron chi connectivity index (χ4n) is 8.30. The summed E-state index contributed by atoms with van der Waals surface area (Å²) in [4.78, 5) is 0. The summed E-state index contributed by atoms with van der Waals surface area (Å²) in [6.45, 7) is 11.7. The lowest BCUT2D eigenvalue weighted by Crippen LogP contribution is -2.54. The van der Waals surface area contributed by atoms with Gasteiger partial charge in [-0.2, -0.15) is 0 Å². The van der Waals surface area contributed by atoms with Crippen LogP contribution in [-0.2, 0) is 0 Å². The number of aliphatic hydroxyl groups excluding tert-OH is 1. The summed E-state index contributed by atoms with van der Waals surface area (Å²) in [5.41, 5.74) is 1.08. The molecular formula is C23H38O. The third-order valence-corrected chi connectivity index (χ3v) is 9.72.